The van der Waals surface area contributed by atoms with Crippen molar-refractivity contribution in [3.8, 4) is 0 Å². The lowest BCUT2D eigenvalue weighted by Crippen LogP contribution is -2.42. The number of aromatic nitrogens is 2. The molecule has 0 aliphatic heterocycles. The predicted octanol–water partition coefficient (Wildman–Crippen LogP) is 2.36. The highest BCUT2D eigenvalue weighted by Gasteiger charge is 2.36. The van der Waals surface area contributed by atoms with Gasteiger partial charge in [-0.25, -0.2) is 9.97 Å². The Balaban J connectivity index is 1.90. The van der Waals surface area contributed by atoms with Crippen molar-refractivity contribution in [2.75, 3.05) is 11.9 Å². The topological polar surface area (TPSA) is 58.0 Å². The summed E-state index contributed by atoms with van der Waals surface area (Å²) >= 11 is 0. The lowest BCUT2D eigenvalue weighted by atomic mass is 9.71. The van der Waals surface area contributed by atoms with Crippen molar-refractivity contribution in [2.24, 2.45) is 5.41 Å². The molecule has 1 aromatic heterocycles. The average molecular weight is 253 g/mol. The Morgan fingerprint density at radius 3 is 2.56 bits per heavy atom. The summed E-state index contributed by atoms with van der Waals surface area (Å²) in [5.74, 6) is -0.148. The standard InChI is InChI=1S/C13H20FN3O/c1-12(2)3-5-13(18,6-4-12)8-15-11-7-10(14)16-9-17-11/h7,9,18H,3-6,8H2,1-2H3,(H,15,16,17). The highest BCUT2D eigenvalue weighted by molar-refractivity contribution is 5.32. The highest BCUT2D eigenvalue weighted by atomic mass is 19.1. The zero-order valence-corrected chi connectivity index (χ0v) is 10.9. The molecule has 1 aliphatic carbocycles. The molecule has 100 valence electrons. The Bertz CT molecular complexity index is 412. The third-order valence-electron chi connectivity index (χ3n) is 3.77. The molecule has 1 saturated carbocycles. The first-order valence-electron chi connectivity index (χ1n) is 6.32. The molecule has 18 heavy (non-hydrogen) atoms. The fraction of sp³-hybridized carbons (Fsp3) is 0.692. The molecule has 2 N–H and O–H groups in total. The molecule has 0 atom stereocenters. The second-order valence-electron chi connectivity index (χ2n) is 5.97. The van der Waals surface area contributed by atoms with Gasteiger partial charge in [0.05, 0.1) is 5.60 Å². The number of anilines is 1. The third kappa shape index (κ3) is 3.38. The van der Waals surface area contributed by atoms with Crippen LogP contribution in [0.1, 0.15) is 39.5 Å². The van der Waals surface area contributed by atoms with E-state index >= 15 is 0 Å². The van der Waals surface area contributed by atoms with Crippen LogP contribution in [0.2, 0.25) is 0 Å². The van der Waals surface area contributed by atoms with Gasteiger partial charge in [-0.1, -0.05) is 13.8 Å². The van der Waals surface area contributed by atoms with Gasteiger partial charge >= 0.3 is 0 Å². The molecule has 1 heterocycles. The van der Waals surface area contributed by atoms with Crippen LogP contribution in [0.4, 0.5) is 10.2 Å². The molecular formula is C13H20FN3O. The van der Waals surface area contributed by atoms with Crippen molar-refractivity contribution in [1.29, 1.82) is 0 Å². The zero-order chi connectivity index (χ0) is 13.2. The number of halogens is 1. The lowest BCUT2D eigenvalue weighted by molar-refractivity contribution is -0.0146. The monoisotopic (exact) mass is 253 g/mol. The van der Waals surface area contributed by atoms with Crippen molar-refractivity contribution in [2.45, 2.75) is 45.1 Å². The Kier molecular flexibility index (Phi) is 3.52. The van der Waals surface area contributed by atoms with Crippen molar-refractivity contribution in [3.05, 3.63) is 18.3 Å². The molecule has 0 saturated heterocycles. The molecule has 2 rings (SSSR count). The SMILES string of the molecule is CC1(C)CCC(O)(CNc2cc(F)ncn2)CC1. The van der Waals surface area contributed by atoms with Crippen molar-refractivity contribution < 1.29 is 9.50 Å². The molecule has 0 aromatic carbocycles. The maximum Gasteiger partial charge on any atom is 0.217 e. The van der Waals surface area contributed by atoms with Gasteiger partial charge in [0, 0.05) is 12.6 Å². The van der Waals surface area contributed by atoms with E-state index in [9.17, 15) is 9.50 Å². The van der Waals surface area contributed by atoms with Crippen LogP contribution in [0, 0.1) is 11.4 Å². The third-order valence-corrected chi connectivity index (χ3v) is 3.77. The van der Waals surface area contributed by atoms with Gasteiger partial charge < -0.3 is 10.4 Å². The Hall–Kier alpha value is -1.23. The fourth-order valence-electron chi connectivity index (χ4n) is 2.25. The van der Waals surface area contributed by atoms with Gasteiger partial charge in [-0.2, -0.15) is 4.39 Å². The highest BCUT2D eigenvalue weighted by Crippen LogP contribution is 2.40. The quantitative estimate of drug-likeness (QED) is 0.812. The first-order valence-corrected chi connectivity index (χ1v) is 6.32. The first-order chi connectivity index (χ1) is 8.39. The van der Waals surface area contributed by atoms with Gasteiger partial charge in [0.1, 0.15) is 12.1 Å². The van der Waals surface area contributed by atoms with E-state index in [-0.39, 0.29) is 0 Å². The molecule has 0 spiro atoms. The molecule has 0 radical (unpaired) electrons. The summed E-state index contributed by atoms with van der Waals surface area (Å²) in [6, 6.07) is 1.23. The minimum Gasteiger partial charge on any atom is -0.388 e. The van der Waals surface area contributed by atoms with E-state index in [0.717, 1.165) is 25.7 Å². The minimum atomic E-state index is -0.711. The second-order valence-corrected chi connectivity index (χ2v) is 5.97. The fourth-order valence-corrected chi connectivity index (χ4v) is 2.25. The maximum atomic E-state index is 12.9. The average Bonchev–Trinajstić information content (AvgIpc) is 2.32. The smallest absolute Gasteiger partial charge is 0.217 e. The number of aliphatic hydroxyl groups is 1. The normalized spacial score (nSPS) is 21.6. The van der Waals surface area contributed by atoms with Crippen LogP contribution in [0.3, 0.4) is 0 Å². The molecular weight excluding hydrogens is 233 g/mol. The molecule has 1 fully saturated rings. The van der Waals surface area contributed by atoms with E-state index < -0.39 is 11.5 Å². The number of rotatable bonds is 3. The second kappa shape index (κ2) is 4.80. The van der Waals surface area contributed by atoms with Gasteiger partial charge in [0.15, 0.2) is 0 Å². The van der Waals surface area contributed by atoms with Crippen molar-refractivity contribution in [3.63, 3.8) is 0 Å². The summed E-state index contributed by atoms with van der Waals surface area (Å²) in [6.45, 7) is 4.85. The van der Waals surface area contributed by atoms with Crippen LogP contribution in [0.5, 0.6) is 0 Å². The Morgan fingerprint density at radius 2 is 1.94 bits per heavy atom. The summed E-state index contributed by atoms with van der Waals surface area (Å²) in [6.07, 6.45) is 4.71. The van der Waals surface area contributed by atoms with Crippen LogP contribution in [-0.4, -0.2) is 27.2 Å². The summed E-state index contributed by atoms with van der Waals surface area (Å²) < 4.78 is 12.9. The van der Waals surface area contributed by atoms with Gasteiger partial charge in [-0.15, -0.1) is 0 Å². The first kappa shape index (κ1) is 13.2. The van der Waals surface area contributed by atoms with E-state index in [1.807, 2.05) is 0 Å². The van der Waals surface area contributed by atoms with Crippen LogP contribution in [-0.2, 0) is 0 Å². The molecule has 0 bridgehead atoms. The summed E-state index contributed by atoms with van der Waals surface area (Å²) in [5, 5.41) is 13.4. The van der Waals surface area contributed by atoms with Gasteiger partial charge in [-0.05, 0) is 31.1 Å². The Morgan fingerprint density at radius 1 is 1.28 bits per heavy atom. The van der Waals surface area contributed by atoms with E-state index in [0.29, 0.717) is 17.8 Å². The van der Waals surface area contributed by atoms with E-state index in [1.54, 1.807) is 0 Å². The van der Waals surface area contributed by atoms with E-state index in [1.165, 1.54) is 12.4 Å². The number of nitrogens with one attached hydrogen (secondary N) is 1. The molecule has 4 nitrogen and oxygen atoms in total. The minimum absolute atomic E-state index is 0.313. The summed E-state index contributed by atoms with van der Waals surface area (Å²) in [7, 11) is 0. The van der Waals surface area contributed by atoms with Crippen LogP contribution in [0.15, 0.2) is 12.4 Å². The molecule has 5 heteroatoms. The van der Waals surface area contributed by atoms with Crippen LogP contribution < -0.4 is 5.32 Å². The number of hydrogen-bond donors (Lipinski definition) is 2. The molecule has 1 aromatic rings. The summed E-state index contributed by atoms with van der Waals surface area (Å²) in [5.41, 5.74) is -0.399. The largest absolute Gasteiger partial charge is 0.388 e. The lowest BCUT2D eigenvalue weighted by Gasteiger charge is -2.40. The van der Waals surface area contributed by atoms with Crippen LogP contribution in [0.25, 0.3) is 0 Å². The van der Waals surface area contributed by atoms with Gasteiger partial charge in [0.25, 0.3) is 0 Å². The Labute approximate surface area is 107 Å². The molecule has 0 amide bonds. The van der Waals surface area contributed by atoms with Crippen LogP contribution >= 0.6 is 0 Å². The zero-order valence-electron chi connectivity index (χ0n) is 10.9. The molecule has 1 aliphatic rings. The molecule has 0 unspecified atom stereocenters. The van der Waals surface area contributed by atoms with E-state index in [2.05, 4.69) is 29.1 Å². The summed E-state index contributed by atoms with van der Waals surface area (Å²) in [4.78, 5) is 7.30. The van der Waals surface area contributed by atoms with E-state index in [4.69, 9.17) is 0 Å². The van der Waals surface area contributed by atoms with Crippen molar-refractivity contribution >= 4 is 5.82 Å². The van der Waals surface area contributed by atoms with Gasteiger partial charge in [0.2, 0.25) is 5.95 Å². The van der Waals surface area contributed by atoms with Crippen molar-refractivity contribution in [1.82, 2.24) is 9.97 Å². The number of hydrogen-bond acceptors (Lipinski definition) is 4. The number of nitrogens with zero attached hydrogens (tertiary/aromatic N) is 2. The maximum absolute atomic E-state index is 12.9. The predicted molar refractivity (Wildman–Crippen MR) is 67.7 cm³/mol. The van der Waals surface area contributed by atoms with Gasteiger partial charge in [-0.3, -0.25) is 0 Å².